The summed E-state index contributed by atoms with van der Waals surface area (Å²) in [6.07, 6.45) is -0.120. The quantitative estimate of drug-likeness (QED) is 0.492. The third-order valence-electron chi connectivity index (χ3n) is 2.15. The summed E-state index contributed by atoms with van der Waals surface area (Å²) < 4.78 is 10.2. The van der Waals surface area contributed by atoms with Gasteiger partial charge in [0.05, 0.1) is 6.20 Å². The zero-order valence-electron chi connectivity index (χ0n) is 9.96. The molecule has 0 bridgehead atoms. The molecule has 1 aliphatic heterocycles. The number of hydrogen-bond donors (Lipinski definition) is 0. The fraction of sp³-hybridized carbons (Fsp3) is 0.750. The lowest BCUT2D eigenvalue weighted by Crippen LogP contribution is -2.59. The number of hydrogen-bond acceptors (Lipinski definition) is 6. The average Bonchev–Trinajstić information content (AvgIpc) is 2.29. The molecule has 2 atom stereocenters. The van der Waals surface area contributed by atoms with Gasteiger partial charge in [-0.05, 0) is 29.9 Å². The second-order valence-electron chi connectivity index (χ2n) is 3.20. The molecule has 0 aromatic heterocycles. The molecule has 0 aliphatic carbocycles. The van der Waals surface area contributed by atoms with Gasteiger partial charge in [0.15, 0.2) is 10.1 Å². The molecule has 0 saturated heterocycles. The minimum absolute atomic E-state index is 0.0893. The Hall–Kier alpha value is -1.94. The average molecular weight is 262 g/mol. The van der Waals surface area contributed by atoms with Crippen molar-refractivity contribution in [2.45, 2.75) is 26.4 Å². The summed E-state index contributed by atoms with van der Waals surface area (Å²) in [4.78, 5) is 21.8. The van der Waals surface area contributed by atoms with Gasteiger partial charge in [-0.2, -0.15) is 0 Å². The first-order chi connectivity index (χ1) is 8.52. The van der Waals surface area contributed by atoms with Crippen LogP contribution in [-0.4, -0.2) is 45.9 Å². The minimum Gasteiger partial charge on any atom is -0.350 e. The van der Waals surface area contributed by atoms with Crippen LogP contribution >= 0.6 is 0 Å². The lowest BCUT2D eigenvalue weighted by atomic mass is 10.4. The van der Waals surface area contributed by atoms with Crippen molar-refractivity contribution in [3.8, 4) is 0 Å². The predicted octanol–water partition coefficient (Wildman–Crippen LogP) is 0.184. The molecule has 0 fully saturated rings. The molecule has 0 N–H and O–H groups in total. The summed E-state index contributed by atoms with van der Waals surface area (Å²) in [6, 6.07) is 0. The highest BCUT2D eigenvalue weighted by atomic mass is 16.7. The number of hydrazine groups is 2. The van der Waals surface area contributed by atoms with Crippen LogP contribution in [0, 0.1) is 20.2 Å². The van der Waals surface area contributed by atoms with Gasteiger partial charge in [-0.3, -0.25) is 0 Å². The van der Waals surface area contributed by atoms with Crippen molar-refractivity contribution in [1.29, 1.82) is 0 Å². The Bertz CT molecular complexity index is 348. The minimum atomic E-state index is -1.44. The van der Waals surface area contributed by atoms with Gasteiger partial charge < -0.3 is 9.47 Å². The monoisotopic (exact) mass is 262 g/mol. The summed E-state index contributed by atoms with van der Waals surface area (Å²) in [5.74, 6) is 0. The molecule has 1 heterocycles. The van der Waals surface area contributed by atoms with Crippen LogP contribution in [0.4, 0.5) is 0 Å². The third kappa shape index (κ3) is 2.84. The lowest BCUT2D eigenvalue weighted by Gasteiger charge is -2.33. The fourth-order valence-electron chi connectivity index (χ4n) is 1.48. The van der Waals surface area contributed by atoms with E-state index in [0.717, 1.165) is 6.20 Å². The highest BCUT2D eigenvalue weighted by molar-refractivity contribution is 4.91. The first-order valence-corrected chi connectivity index (χ1v) is 5.29. The normalized spacial score (nSPS) is 23.2. The maximum atomic E-state index is 11.0. The van der Waals surface area contributed by atoms with Gasteiger partial charge in [0.1, 0.15) is 0 Å². The van der Waals surface area contributed by atoms with E-state index in [1.807, 2.05) is 0 Å². The van der Waals surface area contributed by atoms with E-state index >= 15 is 0 Å². The molecule has 0 saturated carbocycles. The van der Waals surface area contributed by atoms with Crippen molar-refractivity contribution < 1.29 is 19.5 Å². The van der Waals surface area contributed by atoms with Gasteiger partial charge in [0.2, 0.25) is 6.23 Å². The molecule has 0 spiro atoms. The Morgan fingerprint density at radius 1 is 1.17 bits per heavy atom. The summed E-state index contributed by atoms with van der Waals surface area (Å²) in [6.45, 7) is 3.58. The van der Waals surface area contributed by atoms with Crippen molar-refractivity contribution in [3.63, 3.8) is 0 Å². The van der Waals surface area contributed by atoms with Crippen LogP contribution in [0.2, 0.25) is 0 Å². The molecule has 10 nitrogen and oxygen atoms in total. The Labute approximate surface area is 103 Å². The maximum Gasteiger partial charge on any atom is 0.326 e. The van der Waals surface area contributed by atoms with Crippen molar-refractivity contribution in [2.24, 2.45) is 0 Å². The zero-order chi connectivity index (χ0) is 13.7. The van der Waals surface area contributed by atoms with E-state index in [9.17, 15) is 20.2 Å². The van der Waals surface area contributed by atoms with E-state index in [1.165, 1.54) is 6.08 Å². The van der Waals surface area contributed by atoms with Crippen LogP contribution in [0.1, 0.15) is 13.8 Å². The largest absolute Gasteiger partial charge is 0.350 e. The van der Waals surface area contributed by atoms with E-state index < -0.39 is 22.6 Å². The molecule has 102 valence electrons. The molecule has 1 aliphatic rings. The maximum absolute atomic E-state index is 11.0. The predicted molar refractivity (Wildman–Crippen MR) is 57.6 cm³/mol. The Morgan fingerprint density at radius 3 is 2.22 bits per heavy atom. The zero-order valence-corrected chi connectivity index (χ0v) is 9.96. The van der Waals surface area contributed by atoms with Gasteiger partial charge in [-0.1, -0.05) is 0 Å². The lowest BCUT2D eigenvalue weighted by molar-refractivity contribution is -0.750. The number of nitro groups is 2. The SMILES string of the molecule is CCOC1C=CN([N+](=O)[O-])C(OCC)N1[N+](=O)[O-]. The number of ether oxygens (including phenoxy) is 2. The molecule has 18 heavy (non-hydrogen) atoms. The summed E-state index contributed by atoms with van der Waals surface area (Å²) >= 11 is 0. The molecule has 0 amide bonds. The van der Waals surface area contributed by atoms with Crippen LogP contribution in [0.5, 0.6) is 0 Å². The third-order valence-corrected chi connectivity index (χ3v) is 2.15. The van der Waals surface area contributed by atoms with Gasteiger partial charge in [-0.15, -0.1) is 0 Å². The smallest absolute Gasteiger partial charge is 0.326 e. The topological polar surface area (TPSA) is 111 Å². The van der Waals surface area contributed by atoms with Crippen molar-refractivity contribution in [2.75, 3.05) is 13.2 Å². The first-order valence-electron chi connectivity index (χ1n) is 5.29. The summed E-state index contributed by atoms with van der Waals surface area (Å²) in [5, 5.41) is 21.3. The molecule has 0 aromatic carbocycles. The highest BCUT2D eigenvalue weighted by Gasteiger charge is 2.46. The van der Waals surface area contributed by atoms with Crippen LogP contribution in [-0.2, 0) is 9.47 Å². The highest BCUT2D eigenvalue weighted by Crippen LogP contribution is 2.20. The van der Waals surface area contributed by atoms with Crippen LogP contribution in [0.25, 0.3) is 0 Å². The van der Waals surface area contributed by atoms with E-state index in [0.29, 0.717) is 10.0 Å². The molecule has 2 unspecified atom stereocenters. The van der Waals surface area contributed by atoms with Crippen molar-refractivity contribution >= 4 is 0 Å². The molecular weight excluding hydrogens is 248 g/mol. The summed E-state index contributed by atoms with van der Waals surface area (Å²) in [7, 11) is 0. The molecule has 0 aromatic rings. The van der Waals surface area contributed by atoms with Crippen LogP contribution in [0.15, 0.2) is 12.3 Å². The Morgan fingerprint density at radius 2 is 1.78 bits per heavy atom. The second-order valence-corrected chi connectivity index (χ2v) is 3.20. The summed E-state index contributed by atoms with van der Waals surface area (Å²) in [5.41, 5.74) is 0. The van der Waals surface area contributed by atoms with Crippen molar-refractivity contribution in [1.82, 2.24) is 10.0 Å². The van der Waals surface area contributed by atoms with Crippen LogP contribution in [0.3, 0.4) is 0 Å². The van der Waals surface area contributed by atoms with Crippen LogP contribution < -0.4 is 0 Å². The van der Waals surface area contributed by atoms with Gasteiger partial charge in [0.25, 0.3) is 0 Å². The first kappa shape index (κ1) is 14.1. The van der Waals surface area contributed by atoms with Gasteiger partial charge in [0, 0.05) is 13.2 Å². The van der Waals surface area contributed by atoms with E-state index in [2.05, 4.69) is 0 Å². The molecule has 0 radical (unpaired) electrons. The second kappa shape index (κ2) is 6.12. The fourth-order valence-corrected chi connectivity index (χ4v) is 1.48. The Balaban J connectivity index is 3.04. The molecule has 1 rings (SSSR count). The molecular formula is C8H14N4O6. The van der Waals surface area contributed by atoms with E-state index in [4.69, 9.17) is 9.47 Å². The van der Waals surface area contributed by atoms with E-state index in [-0.39, 0.29) is 13.2 Å². The van der Waals surface area contributed by atoms with Gasteiger partial charge >= 0.3 is 6.35 Å². The molecule has 10 heteroatoms. The standard InChI is InChI=1S/C8H14N4O6/c1-3-17-7-5-6-9(11(13)14)8(18-4-2)10(7)12(15)16/h5-8H,3-4H2,1-2H3. The van der Waals surface area contributed by atoms with Gasteiger partial charge in [-0.25, -0.2) is 20.2 Å². The Kier molecular flexibility index (Phi) is 4.80. The van der Waals surface area contributed by atoms with E-state index in [1.54, 1.807) is 13.8 Å². The number of rotatable bonds is 6. The van der Waals surface area contributed by atoms with Crippen molar-refractivity contribution in [3.05, 3.63) is 32.5 Å². The number of nitrogens with zero attached hydrogens (tertiary/aromatic N) is 4.